The highest BCUT2D eigenvalue weighted by atomic mass is 32.2. The summed E-state index contributed by atoms with van der Waals surface area (Å²) in [5, 5.41) is 0. The number of amidine groups is 1. The van der Waals surface area contributed by atoms with Crippen LogP contribution in [-0.2, 0) is 16.4 Å². The van der Waals surface area contributed by atoms with Gasteiger partial charge < -0.3 is 4.90 Å². The van der Waals surface area contributed by atoms with Gasteiger partial charge in [-0.2, -0.15) is 4.40 Å². The minimum Gasteiger partial charge on any atom is -0.354 e. The van der Waals surface area contributed by atoms with E-state index in [4.69, 9.17) is 0 Å². The lowest BCUT2D eigenvalue weighted by atomic mass is 10.1. The molecule has 0 saturated heterocycles. The Morgan fingerprint density at radius 1 is 1.10 bits per heavy atom. The van der Waals surface area contributed by atoms with Gasteiger partial charge in [-0.05, 0) is 33.3 Å². The van der Waals surface area contributed by atoms with E-state index in [1.54, 1.807) is 0 Å². The number of sulfonamides is 1. The Morgan fingerprint density at radius 3 is 2.00 bits per heavy atom. The molecule has 0 heterocycles. The average Bonchev–Trinajstić information content (AvgIpc) is 2.26. The monoisotopic (exact) mass is 296 g/mol. The molecule has 1 aromatic carbocycles. The third-order valence-electron chi connectivity index (χ3n) is 2.89. The van der Waals surface area contributed by atoms with Crippen molar-refractivity contribution in [2.24, 2.45) is 4.40 Å². The molecule has 1 aromatic rings. The summed E-state index contributed by atoms with van der Waals surface area (Å²) in [6.45, 7) is 8.18. The minimum atomic E-state index is -3.41. The molecule has 4 nitrogen and oxygen atoms in total. The van der Waals surface area contributed by atoms with Gasteiger partial charge in [-0.15, -0.1) is 0 Å². The Bertz CT molecular complexity index is 540. The standard InChI is InChI=1S/C15H24N2O2S/c1-12(2)17(13(3)4)15(16-20(5,18)19)11-14-9-7-6-8-10-14/h6-10,12-13H,11H2,1-5H3/b16-15-. The molecule has 0 spiro atoms. The van der Waals surface area contributed by atoms with Gasteiger partial charge in [0.15, 0.2) is 0 Å². The lowest BCUT2D eigenvalue weighted by Crippen LogP contribution is -2.43. The molecular formula is C15H24N2O2S. The van der Waals surface area contributed by atoms with E-state index in [0.29, 0.717) is 12.3 Å². The lowest BCUT2D eigenvalue weighted by molar-refractivity contribution is 0.288. The molecular weight excluding hydrogens is 272 g/mol. The van der Waals surface area contributed by atoms with Gasteiger partial charge in [0.1, 0.15) is 5.84 Å². The number of rotatable bonds is 5. The second-order valence-electron chi connectivity index (χ2n) is 5.50. The van der Waals surface area contributed by atoms with E-state index in [9.17, 15) is 8.42 Å². The quantitative estimate of drug-likeness (QED) is 0.620. The van der Waals surface area contributed by atoms with Crippen LogP contribution in [0.2, 0.25) is 0 Å². The van der Waals surface area contributed by atoms with Crippen LogP contribution in [0.4, 0.5) is 0 Å². The number of hydrogen-bond donors (Lipinski definition) is 0. The van der Waals surface area contributed by atoms with Crippen LogP contribution in [0.3, 0.4) is 0 Å². The number of benzene rings is 1. The largest absolute Gasteiger partial charge is 0.354 e. The maximum atomic E-state index is 11.6. The third-order valence-corrected chi connectivity index (χ3v) is 3.43. The maximum Gasteiger partial charge on any atom is 0.251 e. The predicted octanol–water partition coefficient (Wildman–Crippen LogP) is 2.71. The molecule has 0 aliphatic carbocycles. The van der Waals surface area contributed by atoms with E-state index in [0.717, 1.165) is 11.8 Å². The van der Waals surface area contributed by atoms with Gasteiger partial charge in [-0.25, -0.2) is 8.42 Å². The third kappa shape index (κ3) is 5.33. The smallest absolute Gasteiger partial charge is 0.251 e. The molecule has 1 rings (SSSR count). The Balaban J connectivity index is 3.18. The second-order valence-corrected chi connectivity index (χ2v) is 7.15. The van der Waals surface area contributed by atoms with E-state index in [-0.39, 0.29) is 12.1 Å². The normalized spacial score (nSPS) is 13.1. The summed E-state index contributed by atoms with van der Waals surface area (Å²) in [5.74, 6) is 0.601. The Morgan fingerprint density at radius 2 is 1.60 bits per heavy atom. The van der Waals surface area contributed by atoms with E-state index in [1.165, 1.54) is 0 Å². The number of hydrogen-bond acceptors (Lipinski definition) is 2. The van der Waals surface area contributed by atoms with Crippen LogP contribution in [0, 0.1) is 0 Å². The van der Waals surface area contributed by atoms with Crippen LogP contribution in [0.1, 0.15) is 33.3 Å². The van der Waals surface area contributed by atoms with Crippen molar-refractivity contribution in [1.29, 1.82) is 0 Å². The van der Waals surface area contributed by atoms with Crippen LogP contribution < -0.4 is 0 Å². The zero-order valence-corrected chi connectivity index (χ0v) is 13.7. The van der Waals surface area contributed by atoms with Gasteiger partial charge in [0, 0.05) is 18.5 Å². The van der Waals surface area contributed by atoms with Gasteiger partial charge in [0.25, 0.3) is 10.0 Å². The highest BCUT2D eigenvalue weighted by molar-refractivity contribution is 7.89. The van der Waals surface area contributed by atoms with E-state index in [1.807, 2.05) is 62.9 Å². The fourth-order valence-corrected chi connectivity index (χ4v) is 2.87. The first-order valence-corrected chi connectivity index (χ1v) is 8.66. The Labute approximate surface area is 122 Å². The molecule has 0 amide bonds. The van der Waals surface area contributed by atoms with E-state index < -0.39 is 10.0 Å². The first kappa shape index (κ1) is 16.7. The molecule has 20 heavy (non-hydrogen) atoms. The topological polar surface area (TPSA) is 49.7 Å². The van der Waals surface area contributed by atoms with Crippen LogP contribution >= 0.6 is 0 Å². The zero-order chi connectivity index (χ0) is 15.3. The molecule has 0 N–H and O–H groups in total. The summed E-state index contributed by atoms with van der Waals surface area (Å²) in [5.41, 5.74) is 1.06. The minimum absolute atomic E-state index is 0.194. The second kappa shape index (κ2) is 6.88. The van der Waals surface area contributed by atoms with Crippen molar-refractivity contribution >= 4 is 15.9 Å². The molecule has 0 unspecified atom stereocenters. The SMILES string of the molecule is CC(C)N(/C(Cc1ccccc1)=N\S(C)(=O)=O)C(C)C. The molecule has 0 bridgehead atoms. The molecule has 0 aromatic heterocycles. The van der Waals surface area contributed by atoms with Gasteiger partial charge in [-0.1, -0.05) is 30.3 Å². The molecule has 0 saturated carbocycles. The summed E-state index contributed by atoms with van der Waals surface area (Å²) in [7, 11) is -3.41. The van der Waals surface area contributed by atoms with Crippen molar-refractivity contribution in [3.05, 3.63) is 35.9 Å². The molecule has 5 heteroatoms. The van der Waals surface area contributed by atoms with Crippen molar-refractivity contribution < 1.29 is 8.42 Å². The van der Waals surface area contributed by atoms with Crippen molar-refractivity contribution in [2.45, 2.75) is 46.2 Å². The highest BCUT2D eigenvalue weighted by Gasteiger charge is 2.20. The van der Waals surface area contributed by atoms with Crippen LogP contribution in [0.25, 0.3) is 0 Å². The average molecular weight is 296 g/mol. The molecule has 0 atom stereocenters. The van der Waals surface area contributed by atoms with E-state index in [2.05, 4.69) is 4.40 Å². The van der Waals surface area contributed by atoms with Crippen LogP contribution in [0.15, 0.2) is 34.7 Å². The molecule has 0 radical (unpaired) electrons. The van der Waals surface area contributed by atoms with Crippen LogP contribution in [-0.4, -0.2) is 37.5 Å². The summed E-state index contributed by atoms with van der Waals surface area (Å²) in [6.07, 6.45) is 1.65. The first-order valence-electron chi connectivity index (χ1n) is 6.81. The summed E-state index contributed by atoms with van der Waals surface area (Å²) in [6, 6.07) is 10.2. The molecule has 0 aliphatic rings. The van der Waals surface area contributed by atoms with Crippen molar-refractivity contribution in [3.63, 3.8) is 0 Å². The van der Waals surface area contributed by atoms with E-state index >= 15 is 0 Å². The zero-order valence-electron chi connectivity index (χ0n) is 12.9. The summed E-state index contributed by atoms with van der Waals surface area (Å²) in [4.78, 5) is 2.05. The van der Waals surface area contributed by atoms with Crippen molar-refractivity contribution in [2.75, 3.05) is 6.26 Å². The predicted molar refractivity (Wildman–Crippen MR) is 84.5 cm³/mol. The fraction of sp³-hybridized carbons (Fsp3) is 0.533. The van der Waals surface area contributed by atoms with Gasteiger partial charge in [-0.3, -0.25) is 0 Å². The van der Waals surface area contributed by atoms with Gasteiger partial charge >= 0.3 is 0 Å². The lowest BCUT2D eigenvalue weighted by Gasteiger charge is -2.33. The molecule has 0 fully saturated rings. The van der Waals surface area contributed by atoms with Crippen molar-refractivity contribution in [3.8, 4) is 0 Å². The summed E-state index contributed by atoms with van der Waals surface area (Å²) >= 11 is 0. The van der Waals surface area contributed by atoms with Gasteiger partial charge in [0.05, 0.1) is 6.26 Å². The Hall–Kier alpha value is -1.36. The number of nitrogens with zero attached hydrogens (tertiary/aromatic N) is 2. The Kier molecular flexibility index (Phi) is 5.74. The summed E-state index contributed by atoms with van der Waals surface area (Å²) < 4.78 is 27.1. The maximum absolute atomic E-state index is 11.6. The van der Waals surface area contributed by atoms with Crippen molar-refractivity contribution in [1.82, 2.24) is 4.90 Å². The molecule has 112 valence electrons. The van der Waals surface area contributed by atoms with Crippen LogP contribution in [0.5, 0.6) is 0 Å². The first-order chi connectivity index (χ1) is 9.20. The fourth-order valence-electron chi connectivity index (χ4n) is 2.33. The highest BCUT2D eigenvalue weighted by Crippen LogP contribution is 2.12. The van der Waals surface area contributed by atoms with Gasteiger partial charge in [0.2, 0.25) is 0 Å². The molecule has 0 aliphatic heterocycles.